The maximum atomic E-state index is 11.7. The van der Waals surface area contributed by atoms with E-state index in [2.05, 4.69) is 15.8 Å². The zero-order valence-electron chi connectivity index (χ0n) is 13.2. The number of hydrazone groups is 1. The highest BCUT2D eigenvalue weighted by Gasteiger charge is 2.12. The normalized spacial score (nSPS) is 10.3. The number of carbonyl (C=O) groups excluding carboxylic acids is 3. The number of hydrogen-bond donors (Lipinski definition) is 2. The molecule has 8 heteroatoms. The van der Waals surface area contributed by atoms with Crippen LogP contribution in [0.3, 0.4) is 0 Å². The molecule has 2 aromatic rings. The summed E-state index contributed by atoms with van der Waals surface area (Å²) in [5.41, 5.74) is 3.08. The van der Waals surface area contributed by atoms with E-state index in [0.29, 0.717) is 17.0 Å². The fraction of sp³-hybridized carbons (Fsp3) is 0.0588. The lowest BCUT2D eigenvalue weighted by Crippen LogP contribution is -2.32. The van der Waals surface area contributed by atoms with Crippen LogP contribution in [0, 0.1) is 0 Å². The van der Waals surface area contributed by atoms with Gasteiger partial charge in [-0.15, -0.1) is 0 Å². The molecule has 0 aliphatic carbocycles. The third-order valence-corrected chi connectivity index (χ3v) is 3.08. The zero-order valence-corrected chi connectivity index (χ0v) is 13.2. The van der Waals surface area contributed by atoms with Gasteiger partial charge in [0.25, 0.3) is 0 Å². The highest BCUT2D eigenvalue weighted by molar-refractivity contribution is 6.39. The van der Waals surface area contributed by atoms with Gasteiger partial charge in [0, 0.05) is 5.69 Å². The number of carboxylic acid groups (broad SMARTS) is 1. The first kappa shape index (κ1) is 17.7. The first-order chi connectivity index (χ1) is 12.0. The molecule has 0 aromatic heterocycles. The number of methoxy groups -OCH3 is 1. The first-order valence-corrected chi connectivity index (χ1v) is 7.09. The van der Waals surface area contributed by atoms with Crippen LogP contribution in [0.2, 0.25) is 0 Å². The number of aromatic carboxylic acids is 1. The van der Waals surface area contributed by atoms with Gasteiger partial charge in [0.15, 0.2) is 0 Å². The van der Waals surface area contributed by atoms with Gasteiger partial charge in [-0.05, 0) is 35.4 Å². The summed E-state index contributed by atoms with van der Waals surface area (Å²) in [7, 11) is 1.52. The molecule has 0 saturated heterocycles. The Bertz CT molecular complexity index is 798. The van der Waals surface area contributed by atoms with Crippen LogP contribution in [0.25, 0.3) is 0 Å². The van der Waals surface area contributed by atoms with Crippen molar-refractivity contribution in [2.75, 3.05) is 12.4 Å². The minimum Gasteiger partial charge on any atom is -0.545 e. The van der Waals surface area contributed by atoms with Crippen LogP contribution >= 0.6 is 0 Å². The SMILES string of the molecule is COc1ccc(NC(=O)C(=O)N/N=C\c2ccc(C(=O)[O-])cc2)cc1. The van der Waals surface area contributed by atoms with Crippen molar-refractivity contribution in [1.82, 2.24) is 5.43 Å². The van der Waals surface area contributed by atoms with E-state index in [1.54, 1.807) is 24.3 Å². The second kappa shape index (κ2) is 8.25. The van der Waals surface area contributed by atoms with Crippen LogP contribution in [0.1, 0.15) is 15.9 Å². The monoisotopic (exact) mass is 340 g/mol. The third-order valence-electron chi connectivity index (χ3n) is 3.08. The molecule has 0 heterocycles. The third kappa shape index (κ3) is 5.17. The largest absolute Gasteiger partial charge is 0.545 e. The minimum atomic E-state index is -1.29. The molecule has 25 heavy (non-hydrogen) atoms. The standard InChI is InChI=1S/C17H15N3O5/c1-25-14-8-6-13(7-9-14)19-15(21)16(22)20-18-10-11-2-4-12(5-3-11)17(23)24/h2-10H,1H3,(H,19,21)(H,20,22)(H,23,24)/p-1/b18-10-. The predicted octanol–water partition coefficient (Wildman–Crippen LogP) is 0.147. The molecule has 0 atom stereocenters. The Kier molecular flexibility index (Phi) is 5.83. The van der Waals surface area contributed by atoms with Gasteiger partial charge in [-0.25, -0.2) is 5.43 Å². The Morgan fingerprint density at radius 1 is 1.00 bits per heavy atom. The van der Waals surface area contributed by atoms with E-state index in [-0.39, 0.29) is 5.56 Å². The van der Waals surface area contributed by atoms with Crippen LogP contribution in [0.4, 0.5) is 5.69 Å². The van der Waals surface area contributed by atoms with E-state index < -0.39 is 17.8 Å². The number of hydrogen-bond acceptors (Lipinski definition) is 6. The van der Waals surface area contributed by atoms with E-state index in [4.69, 9.17) is 4.74 Å². The molecule has 0 saturated carbocycles. The fourth-order valence-electron chi connectivity index (χ4n) is 1.78. The number of ether oxygens (including phenoxy) is 1. The summed E-state index contributed by atoms with van der Waals surface area (Å²) >= 11 is 0. The molecular formula is C17H14N3O5-. The molecule has 2 amide bonds. The van der Waals surface area contributed by atoms with Gasteiger partial charge in [-0.3, -0.25) is 9.59 Å². The molecule has 128 valence electrons. The molecular weight excluding hydrogens is 326 g/mol. The Morgan fingerprint density at radius 3 is 2.20 bits per heavy atom. The van der Waals surface area contributed by atoms with Crippen molar-refractivity contribution in [3.05, 3.63) is 59.7 Å². The van der Waals surface area contributed by atoms with Gasteiger partial charge in [-0.1, -0.05) is 24.3 Å². The number of carbonyl (C=O) groups is 3. The van der Waals surface area contributed by atoms with Crippen molar-refractivity contribution in [2.45, 2.75) is 0 Å². The molecule has 0 aliphatic heterocycles. The maximum Gasteiger partial charge on any atom is 0.329 e. The Hall–Kier alpha value is -3.68. The number of benzene rings is 2. The summed E-state index contributed by atoms with van der Waals surface area (Å²) in [6, 6.07) is 12.1. The average Bonchev–Trinajstić information content (AvgIpc) is 2.62. The molecule has 0 unspecified atom stereocenters. The van der Waals surface area contributed by atoms with Gasteiger partial charge in [-0.2, -0.15) is 5.10 Å². The Labute approximate surface area is 143 Å². The van der Waals surface area contributed by atoms with E-state index in [0.717, 1.165) is 0 Å². The van der Waals surface area contributed by atoms with Gasteiger partial charge in [0.1, 0.15) is 5.75 Å². The van der Waals surface area contributed by atoms with Crippen LogP contribution in [-0.2, 0) is 9.59 Å². The molecule has 8 nitrogen and oxygen atoms in total. The van der Waals surface area contributed by atoms with Crippen molar-refractivity contribution >= 4 is 29.7 Å². The lowest BCUT2D eigenvalue weighted by Gasteiger charge is -2.05. The highest BCUT2D eigenvalue weighted by Crippen LogP contribution is 2.14. The van der Waals surface area contributed by atoms with Gasteiger partial charge in [0.05, 0.1) is 19.3 Å². The summed E-state index contributed by atoms with van der Waals surface area (Å²) in [6.45, 7) is 0. The summed E-state index contributed by atoms with van der Waals surface area (Å²) in [5, 5.41) is 16.7. The summed E-state index contributed by atoms with van der Waals surface area (Å²) < 4.78 is 4.99. The van der Waals surface area contributed by atoms with Crippen molar-refractivity contribution in [1.29, 1.82) is 0 Å². The zero-order chi connectivity index (χ0) is 18.2. The number of carboxylic acids is 1. The van der Waals surface area contributed by atoms with Crippen LogP contribution < -0.4 is 20.6 Å². The summed E-state index contributed by atoms with van der Waals surface area (Å²) in [5.74, 6) is -2.49. The van der Waals surface area contributed by atoms with Crippen LogP contribution in [-0.4, -0.2) is 31.1 Å². The average molecular weight is 340 g/mol. The molecule has 0 fully saturated rings. The van der Waals surface area contributed by atoms with E-state index in [1.165, 1.54) is 37.6 Å². The van der Waals surface area contributed by atoms with E-state index >= 15 is 0 Å². The van der Waals surface area contributed by atoms with Crippen molar-refractivity contribution in [3.8, 4) is 5.75 Å². The van der Waals surface area contributed by atoms with Crippen LogP contribution in [0.5, 0.6) is 5.75 Å². The number of nitrogens with zero attached hydrogens (tertiary/aromatic N) is 1. The fourth-order valence-corrected chi connectivity index (χ4v) is 1.78. The molecule has 0 aliphatic rings. The van der Waals surface area contributed by atoms with Gasteiger partial charge >= 0.3 is 11.8 Å². The summed E-state index contributed by atoms with van der Waals surface area (Å²) in [4.78, 5) is 34.0. The number of anilines is 1. The van der Waals surface area contributed by atoms with Crippen molar-refractivity contribution in [2.24, 2.45) is 5.10 Å². The number of amides is 2. The molecule has 0 spiro atoms. The molecule has 2 rings (SSSR count). The number of rotatable bonds is 5. The van der Waals surface area contributed by atoms with Crippen molar-refractivity contribution in [3.63, 3.8) is 0 Å². The first-order valence-electron chi connectivity index (χ1n) is 7.09. The van der Waals surface area contributed by atoms with E-state index in [9.17, 15) is 19.5 Å². The Morgan fingerprint density at radius 2 is 1.64 bits per heavy atom. The summed E-state index contributed by atoms with van der Waals surface area (Å²) in [6.07, 6.45) is 1.28. The lowest BCUT2D eigenvalue weighted by molar-refractivity contribution is -0.255. The minimum absolute atomic E-state index is 0.0278. The highest BCUT2D eigenvalue weighted by atomic mass is 16.5. The lowest BCUT2D eigenvalue weighted by atomic mass is 10.1. The second-order valence-electron chi connectivity index (χ2n) is 4.79. The molecule has 2 N–H and O–H groups in total. The maximum absolute atomic E-state index is 11.7. The van der Waals surface area contributed by atoms with E-state index in [1.807, 2.05) is 0 Å². The van der Waals surface area contributed by atoms with Crippen molar-refractivity contribution < 1.29 is 24.2 Å². The molecule has 0 radical (unpaired) electrons. The topological polar surface area (TPSA) is 120 Å². The molecule has 2 aromatic carbocycles. The van der Waals surface area contributed by atoms with Gasteiger partial charge in [0.2, 0.25) is 0 Å². The quantitative estimate of drug-likeness (QED) is 0.456. The Balaban J connectivity index is 1.87. The second-order valence-corrected chi connectivity index (χ2v) is 4.79. The predicted molar refractivity (Wildman–Crippen MR) is 88.1 cm³/mol. The van der Waals surface area contributed by atoms with Gasteiger partial charge < -0.3 is 20.0 Å². The smallest absolute Gasteiger partial charge is 0.329 e. The van der Waals surface area contributed by atoms with Crippen LogP contribution in [0.15, 0.2) is 53.6 Å². The number of nitrogens with one attached hydrogen (secondary N) is 2. The molecule has 0 bridgehead atoms.